The summed E-state index contributed by atoms with van der Waals surface area (Å²) in [5, 5.41) is 9.58. The highest BCUT2D eigenvalue weighted by Gasteiger charge is 2.10. The summed E-state index contributed by atoms with van der Waals surface area (Å²) in [5.41, 5.74) is 3.19. The van der Waals surface area contributed by atoms with Crippen LogP contribution in [-0.2, 0) is 6.54 Å². The maximum atomic E-state index is 4.38. The molecule has 0 N–H and O–H groups in total. The zero-order valence-electron chi connectivity index (χ0n) is 11.2. The molecule has 0 saturated heterocycles. The first-order valence-electron chi connectivity index (χ1n) is 6.64. The van der Waals surface area contributed by atoms with Crippen molar-refractivity contribution >= 4 is 26.8 Å². The van der Waals surface area contributed by atoms with Gasteiger partial charge in [0.25, 0.3) is 0 Å². The molecule has 1 aromatic carbocycles. The summed E-state index contributed by atoms with van der Waals surface area (Å²) in [7, 11) is 0. The number of nitrogens with zero attached hydrogens (tertiary/aromatic N) is 4. The maximum Gasteiger partial charge on any atom is 0.0963 e. The minimum atomic E-state index is 0.269. The third-order valence-electron chi connectivity index (χ3n) is 3.31. The number of aromatic nitrogens is 4. The highest BCUT2D eigenvalue weighted by molar-refractivity contribution is 9.09. The first-order chi connectivity index (χ1) is 9.78. The molecule has 3 aromatic rings. The second-order valence-electron chi connectivity index (χ2n) is 4.70. The molecule has 3 rings (SSSR count). The molecule has 20 heavy (non-hydrogen) atoms. The Morgan fingerprint density at radius 2 is 2.10 bits per heavy atom. The summed E-state index contributed by atoms with van der Waals surface area (Å²) >= 11 is 3.60. The Hall–Kier alpha value is -1.75. The smallest absolute Gasteiger partial charge is 0.0963 e. The fourth-order valence-corrected chi connectivity index (χ4v) is 2.42. The van der Waals surface area contributed by atoms with Crippen molar-refractivity contribution in [1.82, 2.24) is 20.0 Å². The van der Waals surface area contributed by atoms with Gasteiger partial charge in [-0.2, -0.15) is 0 Å². The highest BCUT2D eigenvalue weighted by Crippen LogP contribution is 2.24. The van der Waals surface area contributed by atoms with Gasteiger partial charge in [0, 0.05) is 17.8 Å². The van der Waals surface area contributed by atoms with Gasteiger partial charge in [-0.3, -0.25) is 4.98 Å². The Morgan fingerprint density at radius 1 is 1.25 bits per heavy atom. The third kappa shape index (κ3) is 2.58. The molecule has 0 spiro atoms. The monoisotopic (exact) mass is 330 g/mol. The van der Waals surface area contributed by atoms with Gasteiger partial charge >= 0.3 is 0 Å². The summed E-state index contributed by atoms with van der Waals surface area (Å²) in [6, 6.07) is 10.2. The number of para-hydroxylation sites is 1. The Morgan fingerprint density at radius 3 is 2.95 bits per heavy atom. The van der Waals surface area contributed by atoms with Gasteiger partial charge in [0.2, 0.25) is 0 Å². The van der Waals surface area contributed by atoms with Gasteiger partial charge in [0.05, 0.1) is 22.6 Å². The van der Waals surface area contributed by atoms with Crippen molar-refractivity contribution in [3.63, 3.8) is 0 Å². The average Bonchev–Trinajstić information content (AvgIpc) is 2.95. The number of hydrogen-bond donors (Lipinski definition) is 0. The maximum absolute atomic E-state index is 4.38. The van der Waals surface area contributed by atoms with Gasteiger partial charge < -0.3 is 0 Å². The SMILES string of the molecule is CCC(Br)c1cn(Cc2ccnc3ccccc23)nn1. The van der Waals surface area contributed by atoms with Crippen molar-refractivity contribution in [2.75, 3.05) is 0 Å². The summed E-state index contributed by atoms with van der Waals surface area (Å²) < 4.78 is 1.88. The van der Waals surface area contributed by atoms with Crippen LogP contribution in [0, 0.1) is 0 Å². The lowest BCUT2D eigenvalue weighted by Crippen LogP contribution is -2.01. The molecule has 0 aliphatic heterocycles. The Labute approximate surface area is 126 Å². The lowest BCUT2D eigenvalue weighted by molar-refractivity contribution is 0.651. The van der Waals surface area contributed by atoms with Crippen molar-refractivity contribution in [1.29, 1.82) is 0 Å². The second-order valence-corrected chi connectivity index (χ2v) is 5.81. The largest absolute Gasteiger partial charge is 0.256 e. The second kappa shape index (κ2) is 5.71. The summed E-state index contributed by atoms with van der Waals surface area (Å²) in [6.07, 6.45) is 4.84. The van der Waals surface area contributed by atoms with Crippen LogP contribution in [0.25, 0.3) is 10.9 Å². The number of halogens is 1. The van der Waals surface area contributed by atoms with Crippen LogP contribution in [0.5, 0.6) is 0 Å². The Balaban J connectivity index is 1.91. The van der Waals surface area contributed by atoms with Crippen LogP contribution in [-0.4, -0.2) is 20.0 Å². The molecule has 2 heterocycles. The number of fused-ring (bicyclic) bond motifs is 1. The van der Waals surface area contributed by atoms with E-state index in [0.717, 1.165) is 23.0 Å². The predicted molar refractivity (Wildman–Crippen MR) is 82.8 cm³/mol. The van der Waals surface area contributed by atoms with E-state index in [1.54, 1.807) is 0 Å². The van der Waals surface area contributed by atoms with Crippen molar-refractivity contribution in [3.05, 3.63) is 54.0 Å². The zero-order chi connectivity index (χ0) is 13.9. The summed E-state index contributed by atoms with van der Waals surface area (Å²) in [6.45, 7) is 2.83. The zero-order valence-corrected chi connectivity index (χ0v) is 12.8. The number of pyridine rings is 1. The van der Waals surface area contributed by atoms with Crippen LogP contribution in [0.1, 0.15) is 29.4 Å². The Bertz CT molecular complexity index is 717. The van der Waals surface area contributed by atoms with E-state index < -0.39 is 0 Å². The molecule has 0 aliphatic rings. The van der Waals surface area contributed by atoms with Crippen LogP contribution >= 0.6 is 15.9 Å². The number of alkyl halides is 1. The lowest BCUT2D eigenvalue weighted by Gasteiger charge is -2.05. The fraction of sp³-hybridized carbons (Fsp3) is 0.267. The molecular weight excluding hydrogens is 316 g/mol. The molecule has 0 saturated carbocycles. The molecule has 0 bridgehead atoms. The fourth-order valence-electron chi connectivity index (χ4n) is 2.21. The van der Waals surface area contributed by atoms with Gasteiger partial charge in [-0.25, -0.2) is 4.68 Å². The minimum absolute atomic E-state index is 0.269. The molecule has 4 nitrogen and oxygen atoms in total. The van der Waals surface area contributed by atoms with Crippen molar-refractivity contribution in [2.45, 2.75) is 24.7 Å². The van der Waals surface area contributed by atoms with Crippen LogP contribution in [0.15, 0.2) is 42.7 Å². The van der Waals surface area contributed by atoms with Crippen molar-refractivity contribution in [3.8, 4) is 0 Å². The lowest BCUT2D eigenvalue weighted by atomic mass is 10.1. The van der Waals surface area contributed by atoms with Crippen LogP contribution in [0.2, 0.25) is 0 Å². The quantitative estimate of drug-likeness (QED) is 0.685. The third-order valence-corrected chi connectivity index (χ3v) is 4.42. The average molecular weight is 331 g/mol. The number of hydrogen-bond acceptors (Lipinski definition) is 3. The number of rotatable bonds is 4. The van der Waals surface area contributed by atoms with Crippen LogP contribution < -0.4 is 0 Å². The predicted octanol–water partition coefficient (Wildman–Crippen LogP) is 3.72. The molecule has 1 atom stereocenters. The highest BCUT2D eigenvalue weighted by atomic mass is 79.9. The number of benzene rings is 1. The van der Waals surface area contributed by atoms with E-state index in [0.29, 0.717) is 6.54 Å². The molecule has 5 heteroatoms. The normalized spacial score (nSPS) is 12.7. The van der Waals surface area contributed by atoms with E-state index in [9.17, 15) is 0 Å². The molecule has 0 radical (unpaired) electrons. The van der Waals surface area contributed by atoms with E-state index in [1.165, 1.54) is 5.56 Å². The minimum Gasteiger partial charge on any atom is -0.256 e. The first-order valence-corrected chi connectivity index (χ1v) is 7.56. The van der Waals surface area contributed by atoms with Crippen molar-refractivity contribution in [2.24, 2.45) is 0 Å². The Kier molecular flexibility index (Phi) is 3.78. The molecule has 2 aromatic heterocycles. The first kappa shape index (κ1) is 13.2. The molecule has 0 fully saturated rings. The molecule has 102 valence electrons. The summed E-state index contributed by atoms with van der Waals surface area (Å²) in [5.74, 6) is 0. The van der Waals surface area contributed by atoms with Gasteiger partial charge in [0.1, 0.15) is 0 Å². The van der Waals surface area contributed by atoms with Crippen LogP contribution in [0.3, 0.4) is 0 Å². The van der Waals surface area contributed by atoms with Gasteiger partial charge in [-0.05, 0) is 24.1 Å². The van der Waals surface area contributed by atoms with E-state index in [4.69, 9.17) is 0 Å². The standard InChI is InChI=1S/C15H15BrN4/c1-2-13(16)15-10-20(19-18-15)9-11-7-8-17-14-6-4-3-5-12(11)14/h3-8,10,13H,2,9H2,1H3. The topological polar surface area (TPSA) is 43.6 Å². The molecule has 0 aliphatic carbocycles. The van der Waals surface area contributed by atoms with Gasteiger partial charge in [-0.1, -0.05) is 46.3 Å². The molecular formula is C15H15BrN4. The molecule has 1 unspecified atom stereocenters. The van der Waals surface area contributed by atoms with Crippen molar-refractivity contribution < 1.29 is 0 Å². The summed E-state index contributed by atoms with van der Waals surface area (Å²) in [4.78, 5) is 4.65. The van der Waals surface area contributed by atoms with Crippen LogP contribution in [0.4, 0.5) is 0 Å². The van der Waals surface area contributed by atoms with E-state index in [2.05, 4.69) is 44.2 Å². The van der Waals surface area contributed by atoms with Gasteiger partial charge in [0.15, 0.2) is 0 Å². The van der Waals surface area contributed by atoms with Gasteiger partial charge in [-0.15, -0.1) is 5.10 Å². The van der Waals surface area contributed by atoms with E-state index in [1.807, 2.05) is 41.3 Å². The van der Waals surface area contributed by atoms with E-state index in [-0.39, 0.29) is 4.83 Å². The van der Waals surface area contributed by atoms with E-state index >= 15 is 0 Å². The molecule has 0 amide bonds.